The zero-order valence-electron chi connectivity index (χ0n) is 15.4. The minimum atomic E-state index is 0.123. The molecule has 1 aromatic heterocycles. The summed E-state index contributed by atoms with van der Waals surface area (Å²) in [5.74, 6) is 1.02. The summed E-state index contributed by atoms with van der Waals surface area (Å²) >= 11 is 5.93. The molecular formula is C20H25ClN4O2. The van der Waals surface area contributed by atoms with Crippen molar-refractivity contribution in [3.63, 3.8) is 0 Å². The van der Waals surface area contributed by atoms with E-state index in [4.69, 9.17) is 16.1 Å². The molecule has 2 fully saturated rings. The summed E-state index contributed by atoms with van der Waals surface area (Å²) in [5.41, 5.74) is 0.876. The maximum atomic E-state index is 12.8. The van der Waals surface area contributed by atoms with Crippen LogP contribution in [0.1, 0.15) is 38.5 Å². The molecule has 7 heteroatoms. The number of hydrogen-bond donors (Lipinski definition) is 0. The highest BCUT2D eigenvalue weighted by Crippen LogP contribution is 2.27. The number of rotatable bonds is 3. The fraction of sp³-hybridized carbons (Fsp3) is 0.550. The number of amides is 1. The number of piperidine rings is 1. The van der Waals surface area contributed by atoms with Gasteiger partial charge in [0.2, 0.25) is 11.7 Å². The molecule has 0 saturated carbocycles. The third-order valence-electron chi connectivity index (χ3n) is 5.55. The lowest BCUT2D eigenvalue weighted by molar-refractivity contribution is -0.136. The number of likely N-dealkylation sites (tertiary alicyclic amines) is 1. The van der Waals surface area contributed by atoms with E-state index in [1.165, 1.54) is 12.8 Å². The standard InChI is InChI=1S/C20H25ClN4O2/c21-17-7-5-15(6-8-17)18-22-20(27-23-18)25-13-9-16(10-14-25)19(26)24-11-3-1-2-4-12-24/h5-8,16H,1-4,9-14H2. The quantitative estimate of drug-likeness (QED) is 0.794. The fourth-order valence-corrected chi connectivity index (χ4v) is 4.05. The Labute approximate surface area is 164 Å². The van der Waals surface area contributed by atoms with E-state index in [9.17, 15) is 4.79 Å². The predicted molar refractivity (Wildman–Crippen MR) is 105 cm³/mol. The van der Waals surface area contributed by atoms with Gasteiger partial charge in [0.1, 0.15) is 0 Å². The number of nitrogens with zero attached hydrogens (tertiary/aromatic N) is 4. The lowest BCUT2D eigenvalue weighted by atomic mass is 9.95. The van der Waals surface area contributed by atoms with E-state index in [-0.39, 0.29) is 5.92 Å². The van der Waals surface area contributed by atoms with Crippen LogP contribution in [0, 0.1) is 5.92 Å². The van der Waals surface area contributed by atoms with Crippen LogP contribution >= 0.6 is 11.6 Å². The van der Waals surface area contributed by atoms with Crippen molar-refractivity contribution in [1.29, 1.82) is 0 Å². The summed E-state index contributed by atoms with van der Waals surface area (Å²) < 4.78 is 5.45. The van der Waals surface area contributed by atoms with Gasteiger partial charge in [-0.05, 0) is 49.9 Å². The molecule has 0 bridgehead atoms. The predicted octanol–water partition coefficient (Wildman–Crippen LogP) is 4.01. The second-order valence-corrected chi connectivity index (χ2v) is 7.84. The summed E-state index contributed by atoms with van der Waals surface area (Å²) in [5, 5.41) is 4.76. The largest absolute Gasteiger partial charge is 0.342 e. The molecule has 3 heterocycles. The van der Waals surface area contributed by atoms with Gasteiger partial charge in [-0.15, -0.1) is 0 Å². The first-order chi connectivity index (χ1) is 13.2. The molecule has 144 valence electrons. The molecule has 1 aromatic carbocycles. The Morgan fingerprint density at radius 1 is 1.00 bits per heavy atom. The highest BCUT2D eigenvalue weighted by molar-refractivity contribution is 6.30. The van der Waals surface area contributed by atoms with Gasteiger partial charge in [0.25, 0.3) is 0 Å². The monoisotopic (exact) mass is 388 g/mol. The first-order valence-electron chi connectivity index (χ1n) is 9.84. The van der Waals surface area contributed by atoms with Gasteiger partial charge in [-0.3, -0.25) is 4.79 Å². The van der Waals surface area contributed by atoms with Crippen LogP contribution in [0.15, 0.2) is 28.8 Å². The molecule has 2 aliphatic heterocycles. The van der Waals surface area contributed by atoms with Crippen molar-refractivity contribution in [2.45, 2.75) is 38.5 Å². The summed E-state index contributed by atoms with van der Waals surface area (Å²) in [6.07, 6.45) is 6.45. The average Bonchev–Trinajstić information content (AvgIpc) is 3.03. The molecule has 0 unspecified atom stereocenters. The summed E-state index contributed by atoms with van der Waals surface area (Å²) in [6.45, 7) is 3.39. The van der Waals surface area contributed by atoms with Crippen LogP contribution in [-0.4, -0.2) is 47.1 Å². The van der Waals surface area contributed by atoms with Gasteiger partial charge in [0.05, 0.1) is 0 Å². The molecular weight excluding hydrogens is 364 g/mol. The molecule has 0 N–H and O–H groups in total. The zero-order chi connectivity index (χ0) is 18.6. The molecule has 0 radical (unpaired) electrons. The van der Waals surface area contributed by atoms with E-state index in [0.29, 0.717) is 22.8 Å². The number of carbonyl (C=O) groups is 1. The number of carbonyl (C=O) groups excluding carboxylic acids is 1. The van der Waals surface area contributed by atoms with Crippen molar-refractivity contribution >= 4 is 23.5 Å². The van der Waals surface area contributed by atoms with Crippen LogP contribution in [0.2, 0.25) is 5.02 Å². The van der Waals surface area contributed by atoms with E-state index in [1.54, 1.807) is 0 Å². The van der Waals surface area contributed by atoms with E-state index in [0.717, 1.165) is 57.4 Å². The van der Waals surface area contributed by atoms with Crippen LogP contribution in [-0.2, 0) is 4.79 Å². The Bertz CT molecular complexity index is 761. The molecule has 0 aliphatic carbocycles. The smallest absolute Gasteiger partial charge is 0.324 e. The molecule has 4 rings (SSSR count). The number of halogens is 1. The van der Waals surface area contributed by atoms with E-state index in [2.05, 4.69) is 19.9 Å². The Balaban J connectivity index is 1.35. The summed E-state index contributed by atoms with van der Waals surface area (Å²) in [6, 6.07) is 7.91. The second kappa shape index (κ2) is 8.30. The van der Waals surface area contributed by atoms with Gasteiger partial charge < -0.3 is 14.3 Å². The van der Waals surface area contributed by atoms with Gasteiger partial charge >= 0.3 is 6.01 Å². The molecule has 27 heavy (non-hydrogen) atoms. The summed E-state index contributed by atoms with van der Waals surface area (Å²) in [7, 11) is 0. The number of aromatic nitrogens is 2. The van der Waals surface area contributed by atoms with Crippen LogP contribution in [0.3, 0.4) is 0 Å². The van der Waals surface area contributed by atoms with Gasteiger partial charge in [-0.25, -0.2) is 0 Å². The number of hydrogen-bond acceptors (Lipinski definition) is 5. The van der Waals surface area contributed by atoms with Crippen molar-refractivity contribution in [3.8, 4) is 11.4 Å². The van der Waals surface area contributed by atoms with Gasteiger partial charge in [0, 0.05) is 42.7 Å². The first-order valence-corrected chi connectivity index (χ1v) is 10.2. The third-order valence-corrected chi connectivity index (χ3v) is 5.80. The second-order valence-electron chi connectivity index (χ2n) is 7.41. The molecule has 0 atom stereocenters. The fourth-order valence-electron chi connectivity index (χ4n) is 3.93. The molecule has 2 aliphatic rings. The van der Waals surface area contributed by atoms with E-state index in [1.807, 2.05) is 24.3 Å². The van der Waals surface area contributed by atoms with Crippen molar-refractivity contribution < 1.29 is 9.32 Å². The topological polar surface area (TPSA) is 62.5 Å². The normalized spacial score (nSPS) is 19.1. The molecule has 2 saturated heterocycles. The van der Waals surface area contributed by atoms with Crippen LogP contribution in [0.25, 0.3) is 11.4 Å². The molecule has 2 aromatic rings. The highest BCUT2D eigenvalue weighted by Gasteiger charge is 2.30. The minimum absolute atomic E-state index is 0.123. The van der Waals surface area contributed by atoms with Crippen molar-refractivity contribution in [2.24, 2.45) is 5.92 Å². The Morgan fingerprint density at radius 2 is 1.67 bits per heavy atom. The Morgan fingerprint density at radius 3 is 2.33 bits per heavy atom. The first kappa shape index (κ1) is 18.3. The third kappa shape index (κ3) is 4.26. The van der Waals surface area contributed by atoms with Gasteiger partial charge in [-0.1, -0.05) is 29.6 Å². The SMILES string of the molecule is O=C(C1CCN(c2nc(-c3ccc(Cl)cc3)no2)CC1)N1CCCCCC1. The maximum absolute atomic E-state index is 12.8. The molecule has 1 amide bonds. The van der Waals surface area contributed by atoms with Crippen molar-refractivity contribution in [2.75, 3.05) is 31.1 Å². The van der Waals surface area contributed by atoms with Crippen molar-refractivity contribution in [1.82, 2.24) is 15.0 Å². The van der Waals surface area contributed by atoms with Gasteiger partial charge in [0.15, 0.2) is 0 Å². The van der Waals surface area contributed by atoms with Gasteiger partial charge in [-0.2, -0.15) is 4.98 Å². The van der Waals surface area contributed by atoms with Crippen LogP contribution < -0.4 is 4.90 Å². The molecule has 6 nitrogen and oxygen atoms in total. The van der Waals surface area contributed by atoms with Crippen molar-refractivity contribution in [3.05, 3.63) is 29.3 Å². The molecule has 0 spiro atoms. The Kier molecular flexibility index (Phi) is 5.62. The van der Waals surface area contributed by atoms with Crippen LogP contribution in [0.4, 0.5) is 6.01 Å². The highest BCUT2D eigenvalue weighted by atomic mass is 35.5. The summed E-state index contributed by atoms with van der Waals surface area (Å²) in [4.78, 5) is 21.5. The Hall–Kier alpha value is -2.08. The minimum Gasteiger partial charge on any atom is -0.342 e. The number of benzene rings is 1. The maximum Gasteiger partial charge on any atom is 0.324 e. The lowest BCUT2D eigenvalue weighted by Gasteiger charge is -2.33. The lowest BCUT2D eigenvalue weighted by Crippen LogP contribution is -2.43. The zero-order valence-corrected chi connectivity index (χ0v) is 16.2. The van der Waals surface area contributed by atoms with Crippen LogP contribution in [0.5, 0.6) is 0 Å². The average molecular weight is 389 g/mol. The number of anilines is 1. The van der Waals surface area contributed by atoms with E-state index >= 15 is 0 Å². The van der Waals surface area contributed by atoms with E-state index < -0.39 is 0 Å².